The molecule has 4 heterocycles. The van der Waals surface area contributed by atoms with Gasteiger partial charge in [-0.3, -0.25) is 14.2 Å². The van der Waals surface area contributed by atoms with E-state index in [4.69, 9.17) is 14.0 Å². The number of ether oxygens (including phenoxy) is 2. The van der Waals surface area contributed by atoms with Crippen molar-refractivity contribution in [1.29, 1.82) is 0 Å². The maximum Gasteiger partial charge on any atom is 0.262 e. The molecule has 3 aromatic heterocycles. The lowest BCUT2D eigenvalue weighted by molar-refractivity contribution is -0.133. The molecule has 5 aromatic rings. The minimum Gasteiger partial charge on any atom is -0.491 e. The summed E-state index contributed by atoms with van der Waals surface area (Å²) in [6.07, 6.45) is 2.10. The fourth-order valence-corrected chi connectivity index (χ4v) is 5.94. The number of rotatable bonds is 3. The molecule has 0 aliphatic carbocycles. The number of hydrogen-bond donors (Lipinski definition) is 0. The highest BCUT2D eigenvalue weighted by atomic mass is 32.1. The Balaban J connectivity index is 1.27. The van der Waals surface area contributed by atoms with Crippen LogP contribution in [0.5, 0.6) is 5.75 Å². The Morgan fingerprint density at radius 1 is 1.05 bits per heavy atom. The second kappa shape index (κ2) is 11.7. The van der Waals surface area contributed by atoms with Crippen LogP contribution in [0.1, 0.15) is 28.1 Å². The number of carbonyl (C=O) groups is 1. The molecule has 0 saturated heterocycles. The lowest BCUT2D eigenvalue weighted by Crippen LogP contribution is -2.38. The van der Waals surface area contributed by atoms with Gasteiger partial charge in [0, 0.05) is 25.1 Å². The highest BCUT2D eigenvalue weighted by Crippen LogP contribution is 2.32. The number of aromatic nitrogens is 3. The van der Waals surface area contributed by atoms with Crippen LogP contribution in [0.3, 0.4) is 0 Å². The number of amides is 1. The average molecular weight is 571 g/mol. The molecular formula is C31H30N4O5S. The molecule has 0 radical (unpaired) electrons. The zero-order valence-electron chi connectivity index (χ0n) is 23.0. The highest BCUT2D eigenvalue weighted by Gasteiger charge is 2.19. The number of aryl methyl sites for hydroxylation is 2. The van der Waals surface area contributed by atoms with Gasteiger partial charge in [-0.05, 0) is 59.7 Å². The third kappa shape index (κ3) is 5.79. The molecule has 210 valence electrons. The highest BCUT2D eigenvalue weighted by molar-refractivity contribution is 7.16. The van der Waals surface area contributed by atoms with Crippen molar-refractivity contribution in [2.45, 2.75) is 33.4 Å². The summed E-state index contributed by atoms with van der Waals surface area (Å²) in [5.74, 6) is 1.41. The predicted molar refractivity (Wildman–Crippen MR) is 156 cm³/mol. The third-order valence-electron chi connectivity index (χ3n) is 7.24. The molecular weight excluding hydrogens is 540 g/mol. The van der Waals surface area contributed by atoms with Crippen molar-refractivity contribution in [3.63, 3.8) is 0 Å². The molecule has 41 heavy (non-hydrogen) atoms. The molecule has 0 unspecified atom stereocenters. The van der Waals surface area contributed by atoms with E-state index in [-0.39, 0.29) is 18.0 Å². The van der Waals surface area contributed by atoms with Crippen LogP contribution >= 0.6 is 11.3 Å². The molecule has 0 spiro atoms. The van der Waals surface area contributed by atoms with Gasteiger partial charge in [0.05, 0.1) is 30.6 Å². The van der Waals surface area contributed by atoms with Gasteiger partial charge < -0.3 is 18.9 Å². The quantitative estimate of drug-likeness (QED) is 0.308. The smallest absolute Gasteiger partial charge is 0.262 e. The number of nitrogens with zero attached hydrogens (tertiary/aromatic N) is 4. The fourth-order valence-electron chi connectivity index (χ4n) is 5.22. The first-order valence-corrected chi connectivity index (χ1v) is 14.4. The largest absolute Gasteiger partial charge is 0.491 e. The summed E-state index contributed by atoms with van der Waals surface area (Å²) in [5, 5.41) is 6.47. The minimum atomic E-state index is -0.211. The summed E-state index contributed by atoms with van der Waals surface area (Å²) < 4.78 is 18.8. The normalized spacial score (nSPS) is 14.3. The molecule has 1 aliphatic heterocycles. The van der Waals surface area contributed by atoms with Crippen molar-refractivity contribution in [2.24, 2.45) is 0 Å². The van der Waals surface area contributed by atoms with Gasteiger partial charge in [0.1, 0.15) is 29.5 Å². The zero-order chi connectivity index (χ0) is 28.3. The van der Waals surface area contributed by atoms with E-state index in [0.29, 0.717) is 49.5 Å². The minimum absolute atomic E-state index is 0.0850. The van der Waals surface area contributed by atoms with E-state index >= 15 is 0 Å². The van der Waals surface area contributed by atoms with Gasteiger partial charge in [-0.1, -0.05) is 35.5 Å². The Hall–Kier alpha value is -4.28. The van der Waals surface area contributed by atoms with Crippen LogP contribution in [0.4, 0.5) is 0 Å². The van der Waals surface area contributed by atoms with Gasteiger partial charge in [0.15, 0.2) is 0 Å². The van der Waals surface area contributed by atoms with E-state index in [2.05, 4.69) is 28.3 Å². The van der Waals surface area contributed by atoms with Crippen molar-refractivity contribution in [3.8, 4) is 16.9 Å². The van der Waals surface area contributed by atoms with Crippen LogP contribution in [0.2, 0.25) is 0 Å². The summed E-state index contributed by atoms with van der Waals surface area (Å²) in [6, 6.07) is 16.1. The average Bonchev–Trinajstić information content (AvgIpc) is 3.58. The number of carbonyl (C=O) groups excluding carboxylic acids is 1. The first-order valence-electron chi connectivity index (χ1n) is 13.5. The number of fused-ring (bicyclic) bond motifs is 4. The van der Waals surface area contributed by atoms with Crippen LogP contribution in [-0.2, 0) is 29.0 Å². The Kier molecular flexibility index (Phi) is 7.67. The molecule has 0 fully saturated rings. The molecule has 1 amide bonds. The summed E-state index contributed by atoms with van der Waals surface area (Å²) in [7, 11) is 0. The monoisotopic (exact) mass is 570 g/mol. The molecule has 0 atom stereocenters. The Morgan fingerprint density at radius 2 is 1.93 bits per heavy atom. The first kappa shape index (κ1) is 26.9. The third-order valence-corrected chi connectivity index (χ3v) is 8.06. The Morgan fingerprint density at radius 3 is 2.78 bits per heavy atom. The molecule has 2 bridgehead atoms. The SMILES string of the molecule is Cc1noc(C)c1-c1ccc2c(c1)Cc1cccc(c1)CN(C(=O)Cn1cnc3sccc3c1=O)CCOCCO2. The van der Waals surface area contributed by atoms with Crippen LogP contribution in [0.15, 0.2) is 69.6 Å². The predicted octanol–water partition coefficient (Wildman–Crippen LogP) is 4.76. The van der Waals surface area contributed by atoms with Crippen LogP contribution in [-0.4, -0.2) is 51.9 Å². The van der Waals surface area contributed by atoms with Crippen molar-refractivity contribution < 1.29 is 18.8 Å². The molecule has 1 aliphatic rings. The lowest BCUT2D eigenvalue weighted by atomic mass is 9.96. The first-order chi connectivity index (χ1) is 20.0. The van der Waals surface area contributed by atoms with Gasteiger partial charge in [0.25, 0.3) is 5.56 Å². The maximum absolute atomic E-state index is 13.4. The summed E-state index contributed by atoms with van der Waals surface area (Å²) in [5.41, 5.74) is 5.79. The summed E-state index contributed by atoms with van der Waals surface area (Å²) in [4.78, 5) is 33.1. The zero-order valence-corrected chi connectivity index (χ0v) is 23.8. The van der Waals surface area contributed by atoms with Crippen LogP contribution in [0.25, 0.3) is 21.3 Å². The van der Waals surface area contributed by atoms with E-state index in [1.54, 1.807) is 11.0 Å². The van der Waals surface area contributed by atoms with E-state index < -0.39 is 0 Å². The molecule has 10 heteroatoms. The lowest BCUT2D eigenvalue weighted by Gasteiger charge is -2.24. The van der Waals surface area contributed by atoms with Gasteiger partial charge in [-0.25, -0.2) is 4.98 Å². The van der Waals surface area contributed by atoms with Crippen LogP contribution in [0, 0.1) is 13.8 Å². The van der Waals surface area contributed by atoms with E-state index in [1.165, 1.54) is 22.2 Å². The second-order valence-electron chi connectivity index (χ2n) is 10.1. The fraction of sp³-hybridized carbons (Fsp3) is 0.290. The molecule has 0 saturated carbocycles. The van der Waals surface area contributed by atoms with Crippen molar-refractivity contribution in [3.05, 3.63) is 98.7 Å². The second-order valence-corrected chi connectivity index (χ2v) is 11.0. The van der Waals surface area contributed by atoms with Gasteiger partial charge in [-0.15, -0.1) is 11.3 Å². The molecule has 0 N–H and O–H groups in total. The van der Waals surface area contributed by atoms with E-state index in [0.717, 1.165) is 45.0 Å². The summed E-state index contributed by atoms with van der Waals surface area (Å²) in [6.45, 7) is 5.69. The molecule has 2 aromatic carbocycles. The Labute approximate surface area is 240 Å². The van der Waals surface area contributed by atoms with Crippen molar-refractivity contribution >= 4 is 27.5 Å². The Bertz CT molecular complexity index is 1750. The van der Waals surface area contributed by atoms with Crippen molar-refractivity contribution in [1.82, 2.24) is 19.6 Å². The van der Waals surface area contributed by atoms with Gasteiger partial charge in [0.2, 0.25) is 5.91 Å². The van der Waals surface area contributed by atoms with Gasteiger partial charge in [-0.2, -0.15) is 0 Å². The number of thiophene rings is 1. The molecule has 6 rings (SSSR count). The number of hydrogen-bond acceptors (Lipinski definition) is 8. The standard InChI is InChI=1S/C31H30N4O5S/c1-20-29(21(2)40-33-20)24-6-7-27-25(16-24)15-22-4-3-5-23(14-22)17-34(9-10-38-11-12-39-27)28(36)18-35-19-32-30-26(31(35)37)8-13-41-30/h3-8,13-14,16,19H,9-12,15,17-18H2,1-2H3. The summed E-state index contributed by atoms with van der Waals surface area (Å²) >= 11 is 1.41. The topological polar surface area (TPSA) is 99.7 Å². The van der Waals surface area contributed by atoms with Crippen molar-refractivity contribution in [2.75, 3.05) is 26.4 Å². The van der Waals surface area contributed by atoms with Gasteiger partial charge >= 0.3 is 0 Å². The van der Waals surface area contributed by atoms with E-state index in [9.17, 15) is 9.59 Å². The van der Waals surface area contributed by atoms with E-state index in [1.807, 2.05) is 43.5 Å². The molecule has 9 nitrogen and oxygen atoms in total. The van der Waals surface area contributed by atoms with Crippen LogP contribution < -0.4 is 10.3 Å². The number of benzene rings is 2. The maximum atomic E-state index is 13.4.